The monoisotopic (exact) mass is 361 g/mol. The van der Waals surface area contributed by atoms with Gasteiger partial charge in [0.05, 0.1) is 12.6 Å². The van der Waals surface area contributed by atoms with Crippen LogP contribution in [0, 0.1) is 0 Å². The van der Waals surface area contributed by atoms with Crippen LogP contribution in [0.3, 0.4) is 0 Å². The van der Waals surface area contributed by atoms with E-state index in [4.69, 9.17) is 18.9 Å². The molecule has 27 heavy (non-hydrogen) atoms. The molecule has 2 heterocycles. The first kappa shape index (κ1) is 15.7. The maximum absolute atomic E-state index is 11.4. The van der Waals surface area contributed by atoms with E-state index in [1.54, 1.807) is 19.4 Å². The molecular weight excluding hydrogens is 346 g/mol. The molecule has 1 aliphatic rings. The Balaban J connectivity index is 1.82. The van der Waals surface area contributed by atoms with Crippen LogP contribution in [0.5, 0.6) is 23.0 Å². The Hall–Kier alpha value is -3.54. The van der Waals surface area contributed by atoms with Crippen molar-refractivity contribution < 1.29 is 23.7 Å². The minimum Gasteiger partial charge on any atom is -0.492 e. The number of rotatable bonds is 2. The van der Waals surface area contributed by atoms with Crippen molar-refractivity contribution in [3.63, 3.8) is 0 Å². The van der Waals surface area contributed by atoms with Gasteiger partial charge >= 0.3 is 5.97 Å². The lowest BCUT2D eigenvalue weighted by molar-refractivity contribution is -0.131. The Morgan fingerprint density at radius 2 is 1.78 bits per heavy atom. The lowest BCUT2D eigenvalue weighted by atomic mass is 10.0. The zero-order valence-corrected chi connectivity index (χ0v) is 14.7. The minimum atomic E-state index is -0.400. The average Bonchev–Trinajstić information content (AvgIpc) is 3.12. The van der Waals surface area contributed by atoms with Crippen molar-refractivity contribution in [1.82, 2.24) is 4.98 Å². The van der Waals surface area contributed by atoms with Gasteiger partial charge in [-0.25, -0.2) is 0 Å². The van der Waals surface area contributed by atoms with Crippen molar-refractivity contribution in [2.75, 3.05) is 13.9 Å². The van der Waals surface area contributed by atoms with E-state index in [1.807, 2.05) is 30.3 Å². The molecule has 0 amide bonds. The van der Waals surface area contributed by atoms with Crippen LogP contribution >= 0.6 is 0 Å². The molecule has 0 unspecified atom stereocenters. The zero-order valence-electron chi connectivity index (χ0n) is 14.7. The molecule has 5 rings (SSSR count). The summed E-state index contributed by atoms with van der Waals surface area (Å²) in [7, 11) is 1.55. The van der Waals surface area contributed by atoms with Crippen molar-refractivity contribution >= 4 is 38.4 Å². The van der Waals surface area contributed by atoms with Crippen molar-refractivity contribution in [1.29, 1.82) is 0 Å². The summed E-state index contributed by atoms with van der Waals surface area (Å²) in [6.45, 7) is 1.59. The van der Waals surface area contributed by atoms with Gasteiger partial charge in [-0.2, -0.15) is 0 Å². The molecule has 0 atom stereocenters. The van der Waals surface area contributed by atoms with Gasteiger partial charge in [-0.05, 0) is 35.0 Å². The van der Waals surface area contributed by atoms with E-state index in [1.165, 1.54) is 6.92 Å². The summed E-state index contributed by atoms with van der Waals surface area (Å²) in [6.07, 6.45) is 1.74. The molecule has 0 fully saturated rings. The number of hydrogen-bond donors (Lipinski definition) is 0. The van der Waals surface area contributed by atoms with E-state index in [2.05, 4.69) is 4.98 Å². The molecule has 0 bridgehead atoms. The van der Waals surface area contributed by atoms with Gasteiger partial charge in [-0.15, -0.1) is 0 Å². The zero-order chi connectivity index (χ0) is 18.5. The van der Waals surface area contributed by atoms with Gasteiger partial charge in [0.15, 0.2) is 23.0 Å². The molecule has 134 valence electrons. The molecule has 0 aliphatic carbocycles. The molecule has 3 aromatic carbocycles. The maximum atomic E-state index is 11.4. The molecule has 0 saturated carbocycles. The van der Waals surface area contributed by atoms with Crippen LogP contribution in [0.15, 0.2) is 42.6 Å². The van der Waals surface area contributed by atoms with Crippen molar-refractivity contribution in [3.8, 4) is 23.0 Å². The summed E-state index contributed by atoms with van der Waals surface area (Å²) >= 11 is 0. The van der Waals surface area contributed by atoms with Gasteiger partial charge in [0, 0.05) is 29.3 Å². The highest BCUT2D eigenvalue weighted by molar-refractivity contribution is 6.16. The molecule has 0 spiro atoms. The van der Waals surface area contributed by atoms with Crippen molar-refractivity contribution in [3.05, 3.63) is 42.6 Å². The van der Waals surface area contributed by atoms with Gasteiger partial charge in [-0.3, -0.25) is 9.78 Å². The van der Waals surface area contributed by atoms with E-state index in [0.717, 1.165) is 43.9 Å². The van der Waals surface area contributed by atoms with Crippen LogP contribution in [-0.2, 0) is 4.79 Å². The molecule has 4 aromatic rings. The van der Waals surface area contributed by atoms with Gasteiger partial charge in [-0.1, -0.05) is 12.1 Å². The third-order valence-corrected chi connectivity index (χ3v) is 4.72. The summed E-state index contributed by atoms with van der Waals surface area (Å²) in [4.78, 5) is 16.0. The van der Waals surface area contributed by atoms with Crippen molar-refractivity contribution in [2.24, 2.45) is 0 Å². The highest BCUT2D eigenvalue weighted by Crippen LogP contribution is 2.42. The number of carbonyl (C=O) groups is 1. The van der Waals surface area contributed by atoms with Crippen LogP contribution < -0.4 is 18.9 Å². The highest BCUT2D eigenvalue weighted by Gasteiger charge is 2.18. The number of fused-ring (bicyclic) bond motifs is 6. The number of methoxy groups -OCH3 is 1. The Bertz CT molecular complexity index is 1250. The smallest absolute Gasteiger partial charge is 0.308 e. The quantitative estimate of drug-likeness (QED) is 0.303. The predicted molar refractivity (Wildman–Crippen MR) is 101 cm³/mol. The van der Waals surface area contributed by atoms with E-state index in [0.29, 0.717) is 11.5 Å². The van der Waals surface area contributed by atoms with Gasteiger partial charge < -0.3 is 18.9 Å². The predicted octanol–water partition coefficient (Wildman–Crippen LogP) is 4.20. The topological polar surface area (TPSA) is 66.9 Å². The molecule has 0 N–H and O–H groups in total. The van der Waals surface area contributed by atoms with E-state index >= 15 is 0 Å². The van der Waals surface area contributed by atoms with E-state index in [-0.39, 0.29) is 6.79 Å². The van der Waals surface area contributed by atoms with Crippen molar-refractivity contribution in [2.45, 2.75) is 6.92 Å². The Labute approximate surface area is 154 Å². The molecule has 6 nitrogen and oxygen atoms in total. The van der Waals surface area contributed by atoms with Crippen LogP contribution in [0.4, 0.5) is 0 Å². The molecule has 0 saturated heterocycles. The van der Waals surface area contributed by atoms with Crippen LogP contribution in [0.2, 0.25) is 0 Å². The third-order valence-electron chi connectivity index (χ3n) is 4.72. The number of esters is 1. The Kier molecular flexibility index (Phi) is 3.33. The Morgan fingerprint density at radius 1 is 1.00 bits per heavy atom. The number of nitrogens with zero attached hydrogens (tertiary/aromatic N) is 1. The number of hydrogen-bond acceptors (Lipinski definition) is 6. The van der Waals surface area contributed by atoms with Crippen LogP contribution in [0.25, 0.3) is 32.4 Å². The molecule has 1 aromatic heterocycles. The van der Waals surface area contributed by atoms with Gasteiger partial charge in [0.1, 0.15) is 0 Å². The van der Waals surface area contributed by atoms with Gasteiger partial charge in [0.25, 0.3) is 0 Å². The normalized spacial score (nSPS) is 12.7. The fourth-order valence-corrected chi connectivity index (χ4v) is 3.57. The fraction of sp³-hybridized carbons (Fsp3) is 0.143. The van der Waals surface area contributed by atoms with Crippen LogP contribution in [-0.4, -0.2) is 24.9 Å². The number of aromatic nitrogens is 1. The summed E-state index contributed by atoms with van der Waals surface area (Å²) in [6, 6.07) is 11.6. The molecule has 6 heteroatoms. The maximum Gasteiger partial charge on any atom is 0.308 e. The second kappa shape index (κ2) is 5.74. The largest absolute Gasteiger partial charge is 0.492 e. The van der Waals surface area contributed by atoms with Crippen LogP contribution in [0.1, 0.15) is 6.92 Å². The summed E-state index contributed by atoms with van der Waals surface area (Å²) < 4.78 is 21.7. The fourth-order valence-electron chi connectivity index (χ4n) is 3.57. The first-order chi connectivity index (χ1) is 13.2. The van der Waals surface area contributed by atoms with E-state index in [9.17, 15) is 4.79 Å². The van der Waals surface area contributed by atoms with Gasteiger partial charge in [0.2, 0.25) is 6.79 Å². The summed E-state index contributed by atoms with van der Waals surface area (Å²) in [5, 5.41) is 4.74. The SMILES string of the molecule is COc1c(OC(C)=O)ccc2c1cnc1c3cc4c(cc3ccc21)OCO4. The highest BCUT2D eigenvalue weighted by atomic mass is 16.7. The lowest BCUT2D eigenvalue weighted by Gasteiger charge is -2.13. The number of benzene rings is 3. The second-order valence-electron chi connectivity index (χ2n) is 6.30. The average molecular weight is 361 g/mol. The molecule has 0 radical (unpaired) electrons. The first-order valence-electron chi connectivity index (χ1n) is 8.46. The molecule has 1 aliphatic heterocycles. The first-order valence-corrected chi connectivity index (χ1v) is 8.46. The lowest BCUT2D eigenvalue weighted by Crippen LogP contribution is -2.03. The molecular formula is C21H15NO5. The number of ether oxygens (including phenoxy) is 4. The van der Waals surface area contributed by atoms with E-state index < -0.39 is 5.97 Å². The minimum absolute atomic E-state index is 0.232. The third kappa shape index (κ3) is 2.33. The Morgan fingerprint density at radius 3 is 2.56 bits per heavy atom. The summed E-state index contributed by atoms with van der Waals surface area (Å²) in [5.41, 5.74) is 0.862. The summed E-state index contributed by atoms with van der Waals surface area (Å²) in [5.74, 6) is 1.93. The second-order valence-corrected chi connectivity index (χ2v) is 6.30. The number of carbonyl (C=O) groups excluding carboxylic acids is 1. The standard InChI is InChI=1S/C21H15NO5/c1-11(23)27-17-6-5-13-14-4-3-12-7-18-19(26-10-25-18)8-15(12)20(14)22-9-16(13)21(17)24-2/h3-9H,10H2,1-2H3. The number of pyridine rings is 1.